The first-order chi connectivity index (χ1) is 20.9. The molecule has 0 unspecified atom stereocenters. The number of hydrogen-bond donors (Lipinski definition) is 3. The molecule has 0 radical (unpaired) electrons. The second-order valence-corrected chi connectivity index (χ2v) is 12.6. The van der Waals surface area contributed by atoms with Crippen molar-refractivity contribution in [3.05, 3.63) is 47.8 Å². The Bertz CT molecular complexity index is 1220. The highest BCUT2D eigenvalue weighted by Crippen LogP contribution is 2.28. The first-order valence-electron chi connectivity index (χ1n) is 16.3. The predicted octanol–water partition coefficient (Wildman–Crippen LogP) is 3.34. The summed E-state index contributed by atoms with van der Waals surface area (Å²) in [5, 5.41) is 13.4. The van der Waals surface area contributed by atoms with Crippen LogP contribution in [0.2, 0.25) is 0 Å². The second-order valence-electron chi connectivity index (χ2n) is 12.6. The fourth-order valence-corrected chi connectivity index (χ4v) is 7.09. The number of anilines is 1. The smallest absolute Gasteiger partial charge is 0.270 e. The van der Waals surface area contributed by atoms with Crippen molar-refractivity contribution < 1.29 is 14.4 Å². The molecule has 234 valence electrons. The van der Waals surface area contributed by atoms with Crippen LogP contribution in [0.25, 0.3) is 0 Å². The van der Waals surface area contributed by atoms with E-state index in [2.05, 4.69) is 30.8 Å². The molecule has 5 rings (SSSR count). The van der Waals surface area contributed by atoms with Gasteiger partial charge in [0.05, 0.1) is 0 Å². The molecule has 0 spiro atoms. The Balaban J connectivity index is 1.21. The molecule has 1 saturated carbocycles. The van der Waals surface area contributed by atoms with Crippen molar-refractivity contribution in [2.45, 2.75) is 89.3 Å². The largest absolute Gasteiger partial charge is 0.352 e. The van der Waals surface area contributed by atoms with Crippen molar-refractivity contribution in [2.75, 3.05) is 38.0 Å². The van der Waals surface area contributed by atoms with Crippen LogP contribution >= 0.6 is 0 Å². The maximum atomic E-state index is 13.5. The lowest BCUT2D eigenvalue weighted by Crippen LogP contribution is -2.57. The van der Waals surface area contributed by atoms with Crippen molar-refractivity contribution in [3.63, 3.8) is 0 Å². The molecule has 1 aromatic heterocycles. The van der Waals surface area contributed by atoms with E-state index in [9.17, 15) is 14.4 Å². The summed E-state index contributed by atoms with van der Waals surface area (Å²) >= 11 is 0. The van der Waals surface area contributed by atoms with Gasteiger partial charge in [0, 0.05) is 63.6 Å². The average Bonchev–Trinajstić information content (AvgIpc) is 3.46. The SMILES string of the molecule is CCC(=O)N[C@H](Cc1ccc(NC(=O)[C@@H](NC(=O)c2ccnn2C)C2CCCCC2)cc1)CN1CCN2CCCC[C@H]2C1. The van der Waals surface area contributed by atoms with E-state index < -0.39 is 6.04 Å². The third-order valence-corrected chi connectivity index (χ3v) is 9.53. The van der Waals surface area contributed by atoms with Crippen LogP contribution in [0.15, 0.2) is 36.5 Å². The molecule has 43 heavy (non-hydrogen) atoms. The summed E-state index contributed by atoms with van der Waals surface area (Å²) in [6, 6.07) is 9.63. The van der Waals surface area contributed by atoms with Crippen LogP contribution in [0.4, 0.5) is 5.69 Å². The topological polar surface area (TPSA) is 112 Å². The summed E-state index contributed by atoms with van der Waals surface area (Å²) < 4.78 is 1.52. The minimum absolute atomic E-state index is 0.0286. The molecule has 3 aliphatic rings. The normalized spacial score (nSPS) is 21.4. The van der Waals surface area contributed by atoms with Gasteiger partial charge in [-0.15, -0.1) is 0 Å². The summed E-state index contributed by atoms with van der Waals surface area (Å²) in [5.41, 5.74) is 2.25. The van der Waals surface area contributed by atoms with Crippen molar-refractivity contribution >= 4 is 23.4 Å². The molecule has 3 atom stereocenters. The molecule has 3 amide bonds. The van der Waals surface area contributed by atoms with Gasteiger partial charge in [-0.05, 0) is 68.3 Å². The number of nitrogens with zero attached hydrogens (tertiary/aromatic N) is 4. The summed E-state index contributed by atoms with van der Waals surface area (Å²) in [6.45, 7) is 7.17. The van der Waals surface area contributed by atoms with E-state index in [0.29, 0.717) is 23.8 Å². The Morgan fingerprint density at radius 2 is 1.70 bits per heavy atom. The maximum absolute atomic E-state index is 13.5. The third kappa shape index (κ3) is 8.44. The molecule has 10 nitrogen and oxygen atoms in total. The number of hydrogen-bond acceptors (Lipinski definition) is 6. The number of fused-ring (bicyclic) bond motifs is 1. The number of piperidine rings is 1. The molecular weight excluding hydrogens is 542 g/mol. The van der Waals surface area contributed by atoms with Gasteiger partial charge in [-0.2, -0.15) is 5.10 Å². The molecule has 3 fully saturated rings. The van der Waals surface area contributed by atoms with Gasteiger partial charge in [0.1, 0.15) is 11.7 Å². The molecule has 1 aliphatic carbocycles. The molecule has 2 aromatic rings. The predicted molar refractivity (Wildman–Crippen MR) is 168 cm³/mol. The summed E-state index contributed by atoms with van der Waals surface area (Å²) in [6.07, 6.45) is 11.8. The highest BCUT2D eigenvalue weighted by atomic mass is 16.2. The monoisotopic (exact) mass is 591 g/mol. The summed E-state index contributed by atoms with van der Waals surface area (Å²) in [5.74, 6) is -0.299. The molecule has 3 heterocycles. The van der Waals surface area contributed by atoms with Gasteiger partial charge in [-0.3, -0.25) is 28.9 Å². The zero-order chi connectivity index (χ0) is 30.2. The highest BCUT2D eigenvalue weighted by Gasteiger charge is 2.32. The van der Waals surface area contributed by atoms with Crippen LogP contribution in [0.3, 0.4) is 0 Å². The van der Waals surface area contributed by atoms with E-state index in [1.807, 2.05) is 31.2 Å². The van der Waals surface area contributed by atoms with Crippen LogP contribution in [-0.2, 0) is 23.1 Å². The van der Waals surface area contributed by atoms with E-state index in [1.54, 1.807) is 19.3 Å². The highest BCUT2D eigenvalue weighted by molar-refractivity contribution is 6.00. The Kier molecular flexibility index (Phi) is 10.9. The number of piperazine rings is 1. The second kappa shape index (κ2) is 15.0. The Morgan fingerprint density at radius 3 is 2.42 bits per heavy atom. The molecule has 10 heteroatoms. The minimum Gasteiger partial charge on any atom is -0.352 e. The van der Waals surface area contributed by atoms with Crippen LogP contribution in [0.5, 0.6) is 0 Å². The number of rotatable bonds is 11. The number of nitrogens with one attached hydrogen (secondary N) is 3. The Labute approximate surface area is 255 Å². The van der Waals surface area contributed by atoms with E-state index in [4.69, 9.17) is 0 Å². The molecule has 3 N–H and O–H groups in total. The molecule has 0 bridgehead atoms. The fraction of sp³-hybridized carbons (Fsp3) is 0.636. The van der Waals surface area contributed by atoms with Gasteiger partial charge in [-0.25, -0.2) is 0 Å². The number of carbonyl (C=O) groups excluding carboxylic acids is 3. The van der Waals surface area contributed by atoms with E-state index in [1.165, 1.54) is 36.9 Å². The number of carbonyl (C=O) groups is 3. The zero-order valence-electron chi connectivity index (χ0n) is 25.9. The van der Waals surface area contributed by atoms with Gasteiger partial charge in [-0.1, -0.05) is 44.7 Å². The fourth-order valence-electron chi connectivity index (χ4n) is 7.09. The third-order valence-electron chi connectivity index (χ3n) is 9.53. The van der Waals surface area contributed by atoms with E-state index in [-0.39, 0.29) is 29.7 Å². The number of aryl methyl sites for hydroxylation is 1. The summed E-state index contributed by atoms with van der Waals surface area (Å²) in [7, 11) is 1.72. The molecule has 2 aliphatic heterocycles. The van der Waals surface area contributed by atoms with Gasteiger partial charge in [0.2, 0.25) is 11.8 Å². The number of benzene rings is 1. The van der Waals surface area contributed by atoms with Crippen LogP contribution in [-0.4, -0.2) is 88.2 Å². The maximum Gasteiger partial charge on any atom is 0.270 e. The quantitative estimate of drug-likeness (QED) is 0.370. The lowest BCUT2D eigenvalue weighted by atomic mass is 9.83. The molecule has 2 saturated heterocycles. The zero-order valence-corrected chi connectivity index (χ0v) is 25.9. The van der Waals surface area contributed by atoms with Gasteiger partial charge in [0.25, 0.3) is 5.91 Å². The lowest BCUT2D eigenvalue weighted by Gasteiger charge is -2.44. The number of aromatic nitrogens is 2. The van der Waals surface area contributed by atoms with Crippen LogP contribution in [0.1, 0.15) is 80.8 Å². The van der Waals surface area contributed by atoms with Gasteiger partial charge in [0.15, 0.2) is 0 Å². The van der Waals surface area contributed by atoms with Gasteiger partial charge >= 0.3 is 0 Å². The van der Waals surface area contributed by atoms with Crippen molar-refractivity contribution in [1.29, 1.82) is 0 Å². The standard InChI is InChI=1S/C33H49N7O3/c1-3-30(41)35-27(22-39-19-20-40-18-8-7-11-28(40)23-39)21-24-12-14-26(15-13-24)36-33(43)31(25-9-5-4-6-10-25)37-32(42)29-16-17-34-38(29)2/h12-17,25,27-28,31H,3-11,18-23H2,1-2H3,(H,35,41)(H,36,43)(H,37,42)/t27-,28+,31+/m1/s1. The first kappa shape index (κ1) is 31.2. The van der Waals surface area contributed by atoms with E-state index >= 15 is 0 Å². The van der Waals surface area contributed by atoms with E-state index in [0.717, 1.165) is 63.8 Å². The molecule has 1 aromatic carbocycles. The van der Waals surface area contributed by atoms with Crippen molar-refractivity contribution in [2.24, 2.45) is 13.0 Å². The van der Waals surface area contributed by atoms with Crippen LogP contribution < -0.4 is 16.0 Å². The Hall–Kier alpha value is -3.24. The lowest BCUT2D eigenvalue weighted by molar-refractivity contribution is -0.121. The average molecular weight is 592 g/mol. The van der Waals surface area contributed by atoms with Gasteiger partial charge < -0.3 is 16.0 Å². The minimum atomic E-state index is -0.611. The Morgan fingerprint density at radius 1 is 0.930 bits per heavy atom. The molecular formula is C33H49N7O3. The van der Waals surface area contributed by atoms with Crippen molar-refractivity contribution in [3.8, 4) is 0 Å². The number of amides is 3. The van der Waals surface area contributed by atoms with Crippen LogP contribution in [0, 0.1) is 5.92 Å². The first-order valence-corrected chi connectivity index (χ1v) is 16.3. The van der Waals surface area contributed by atoms with Crippen molar-refractivity contribution in [1.82, 2.24) is 30.2 Å². The summed E-state index contributed by atoms with van der Waals surface area (Å²) in [4.78, 5) is 44.1.